The van der Waals surface area contributed by atoms with E-state index in [0.29, 0.717) is 25.2 Å². The van der Waals surface area contributed by atoms with E-state index in [9.17, 15) is 34.2 Å². The molecule has 0 spiro atoms. The van der Waals surface area contributed by atoms with Gasteiger partial charge in [0, 0.05) is 37.3 Å². The number of amides is 1. The van der Waals surface area contributed by atoms with Crippen LogP contribution >= 0.6 is 0 Å². The molecule has 11 nitrogen and oxygen atoms in total. The molecule has 2 unspecified atom stereocenters. The molecule has 4 rings (SSSR count). The van der Waals surface area contributed by atoms with Gasteiger partial charge >= 0.3 is 0 Å². The van der Waals surface area contributed by atoms with Gasteiger partial charge in [0.25, 0.3) is 0 Å². The molecule has 7 atom stereocenters. The zero-order valence-corrected chi connectivity index (χ0v) is 26.5. The Morgan fingerprint density at radius 3 is 2.26 bits per heavy atom. The first kappa shape index (κ1) is 32.8. The van der Waals surface area contributed by atoms with Crippen molar-refractivity contribution >= 4 is 34.7 Å². The number of nitrogens with one attached hydrogen (secondary N) is 1. The average molecular weight is 599 g/mol. The van der Waals surface area contributed by atoms with Crippen LogP contribution in [0.5, 0.6) is 5.75 Å². The Morgan fingerprint density at radius 1 is 1.14 bits per heavy atom. The minimum Gasteiger partial charge on any atom is -0.507 e. The monoisotopic (exact) mass is 598 g/mol. The van der Waals surface area contributed by atoms with Crippen molar-refractivity contribution in [3.05, 3.63) is 22.8 Å². The highest BCUT2D eigenvalue weighted by atomic mass is 16.3. The van der Waals surface area contributed by atoms with Crippen molar-refractivity contribution in [2.75, 3.05) is 32.1 Å². The van der Waals surface area contributed by atoms with Gasteiger partial charge < -0.3 is 26.2 Å². The Hall–Kier alpha value is -3.15. The number of benzene rings is 1. The van der Waals surface area contributed by atoms with Crippen molar-refractivity contribution in [2.45, 2.75) is 78.6 Å². The first-order valence-electron chi connectivity index (χ1n) is 15.1. The maximum Gasteiger partial charge on any atom is 0.235 e. The summed E-state index contributed by atoms with van der Waals surface area (Å²) < 4.78 is 0. The number of carbonyl (C=O) groups is 5. The number of hydrogen-bond acceptors (Lipinski definition) is 10. The van der Waals surface area contributed by atoms with E-state index in [0.717, 1.165) is 11.3 Å². The lowest BCUT2D eigenvalue weighted by Gasteiger charge is -2.52. The molecule has 0 bridgehead atoms. The van der Waals surface area contributed by atoms with Crippen molar-refractivity contribution in [1.82, 2.24) is 10.2 Å². The predicted octanol–water partition coefficient (Wildman–Crippen LogP) is 1.24. The third-order valence-electron chi connectivity index (χ3n) is 10.1. The van der Waals surface area contributed by atoms with Crippen molar-refractivity contribution in [1.29, 1.82) is 0 Å². The molecule has 3 aliphatic rings. The zero-order valence-electron chi connectivity index (χ0n) is 26.5. The third kappa shape index (κ3) is 5.09. The molecule has 0 heterocycles. The summed E-state index contributed by atoms with van der Waals surface area (Å²) in [4.78, 5) is 70.9. The number of nitrogens with two attached hydrogens (primary N) is 1. The summed E-state index contributed by atoms with van der Waals surface area (Å²) in [7, 11) is 3.15. The molecule has 11 heteroatoms. The van der Waals surface area contributed by atoms with Crippen LogP contribution in [0.3, 0.4) is 0 Å². The van der Waals surface area contributed by atoms with E-state index in [2.05, 4.69) is 37.9 Å². The first-order chi connectivity index (χ1) is 19.9. The van der Waals surface area contributed by atoms with Crippen LogP contribution in [0.15, 0.2) is 6.07 Å². The van der Waals surface area contributed by atoms with Gasteiger partial charge in [-0.1, -0.05) is 20.8 Å². The van der Waals surface area contributed by atoms with Gasteiger partial charge in [-0.05, 0) is 76.2 Å². The zero-order chi connectivity index (χ0) is 32.3. The fraction of sp³-hybridized carbons (Fsp3) is 0.656. The lowest BCUT2D eigenvalue weighted by Crippen LogP contribution is -2.74. The summed E-state index contributed by atoms with van der Waals surface area (Å²) in [6.45, 7) is 14.2. The molecule has 3 aliphatic carbocycles. The minimum atomic E-state index is -2.73. The number of phenols is 1. The Morgan fingerprint density at radius 2 is 1.74 bits per heavy atom. The number of hydrogen-bond donors (Lipinski definition) is 4. The highest BCUT2D eigenvalue weighted by molar-refractivity contribution is 6.32. The van der Waals surface area contributed by atoms with Crippen molar-refractivity contribution in [2.24, 2.45) is 34.8 Å². The Kier molecular flexibility index (Phi) is 8.69. The molecule has 5 N–H and O–H groups in total. The van der Waals surface area contributed by atoms with Crippen LogP contribution in [0.25, 0.3) is 0 Å². The molecule has 2 saturated carbocycles. The number of likely N-dealkylation sites (N-methyl/N-ethyl adjacent to an activating group) is 1. The average Bonchev–Trinajstić information content (AvgIpc) is 2.90. The molecule has 1 amide bonds. The second-order valence-electron chi connectivity index (χ2n) is 13.7. The number of Topliss-reactive ketones (excluding diaryl/α,β-unsaturated/α-hetero) is 4. The SMILES string of the molecule is CCN(CC)c1c(CN[C@H](C)C(C)(C)C)cc(O)c2c1C[C@H]1C[C@H]3[C@H](N(C)C)C(=O)C(C(N)=O)C(=O)[C@@]3(O)C(=O)C1C2=O. The predicted molar refractivity (Wildman–Crippen MR) is 161 cm³/mol. The number of aliphatic hydroxyl groups is 1. The topological polar surface area (TPSA) is 170 Å². The molecule has 236 valence electrons. The molecule has 0 aromatic heterocycles. The van der Waals surface area contributed by atoms with E-state index in [4.69, 9.17) is 5.73 Å². The molecule has 0 saturated heterocycles. The molecule has 1 aromatic rings. The second kappa shape index (κ2) is 11.4. The van der Waals surface area contributed by atoms with Crippen LogP contribution in [0.4, 0.5) is 5.69 Å². The molecule has 0 aliphatic heterocycles. The van der Waals surface area contributed by atoms with Crippen LogP contribution in [-0.2, 0) is 32.1 Å². The van der Waals surface area contributed by atoms with Gasteiger partial charge in [-0.25, -0.2) is 0 Å². The van der Waals surface area contributed by atoms with Crippen molar-refractivity contribution in [3.8, 4) is 5.75 Å². The van der Waals surface area contributed by atoms with Crippen molar-refractivity contribution < 1.29 is 34.2 Å². The lowest BCUT2D eigenvalue weighted by molar-refractivity contribution is -0.181. The van der Waals surface area contributed by atoms with Crippen molar-refractivity contribution in [3.63, 3.8) is 0 Å². The van der Waals surface area contributed by atoms with Gasteiger partial charge in [0.1, 0.15) is 5.75 Å². The summed E-state index contributed by atoms with van der Waals surface area (Å²) in [6, 6.07) is 0.572. The smallest absolute Gasteiger partial charge is 0.235 e. The maximum absolute atomic E-state index is 14.2. The van der Waals surface area contributed by atoms with E-state index in [1.165, 1.54) is 4.90 Å². The second-order valence-corrected chi connectivity index (χ2v) is 13.7. The molecule has 43 heavy (non-hydrogen) atoms. The quantitative estimate of drug-likeness (QED) is 0.319. The summed E-state index contributed by atoms with van der Waals surface area (Å²) in [5.41, 5.74) is 4.93. The summed E-state index contributed by atoms with van der Waals surface area (Å²) in [6.07, 6.45) is 0.250. The number of nitrogens with zero attached hydrogens (tertiary/aromatic N) is 2. The molecular weight excluding hydrogens is 552 g/mol. The Balaban J connectivity index is 1.87. The molecule has 0 radical (unpaired) electrons. The number of aromatic hydroxyl groups is 1. The summed E-state index contributed by atoms with van der Waals surface area (Å²) >= 11 is 0. The lowest BCUT2D eigenvalue weighted by atomic mass is 9.52. The Bertz CT molecular complexity index is 1360. The van der Waals surface area contributed by atoms with Gasteiger partial charge in [0.05, 0.1) is 17.5 Å². The highest BCUT2D eigenvalue weighted by Crippen LogP contribution is 2.52. The molecule has 1 aromatic carbocycles. The number of primary amides is 1. The van der Waals surface area contributed by atoms with Crippen LogP contribution in [0.1, 0.15) is 69.4 Å². The fourth-order valence-corrected chi connectivity index (χ4v) is 7.37. The van der Waals surface area contributed by atoms with Gasteiger partial charge in [0.15, 0.2) is 34.7 Å². The highest BCUT2D eigenvalue weighted by Gasteiger charge is 2.69. The maximum atomic E-state index is 14.2. The third-order valence-corrected chi connectivity index (χ3v) is 10.1. The van der Waals surface area contributed by atoms with Gasteiger partial charge in [-0.15, -0.1) is 0 Å². The van der Waals surface area contributed by atoms with Gasteiger partial charge in [0.2, 0.25) is 5.91 Å². The van der Waals surface area contributed by atoms with E-state index < -0.39 is 64.4 Å². The standard InChI is InChI=1S/C32H46N4O7/c1-9-36(10-2)24-17(14-34-15(3)31(4,5)6)13-20(37)22-18(24)11-16-12-19-25(35(7)8)27(39)23(30(33)42)29(41)32(19,43)28(40)21(16)26(22)38/h13,15-16,19,21,23,25,34,37,43H,9-12,14H2,1-8H3,(H2,33,42)/t15-,16+,19+,21?,23?,25+,32+/m1/s1. The molecule has 2 fully saturated rings. The van der Waals surface area contributed by atoms with E-state index in [1.54, 1.807) is 20.2 Å². The summed E-state index contributed by atoms with van der Waals surface area (Å²) in [5, 5.41) is 26.6. The number of anilines is 1. The largest absolute Gasteiger partial charge is 0.507 e. The first-order valence-corrected chi connectivity index (χ1v) is 15.1. The fourth-order valence-electron chi connectivity index (χ4n) is 7.37. The molecular formula is C32H46N4O7. The number of phenolic OH excluding ortho intramolecular Hbond substituents is 1. The van der Waals surface area contributed by atoms with Gasteiger partial charge in [-0.3, -0.25) is 28.9 Å². The minimum absolute atomic E-state index is 0.0145. The van der Waals surface area contributed by atoms with Crippen LogP contribution in [0, 0.1) is 29.1 Å². The van der Waals surface area contributed by atoms with Gasteiger partial charge in [-0.2, -0.15) is 0 Å². The van der Waals surface area contributed by atoms with Crippen LogP contribution in [0.2, 0.25) is 0 Å². The number of fused-ring (bicyclic) bond motifs is 3. The normalized spacial score (nSPS) is 29.7. The number of ketones is 4. The van der Waals surface area contributed by atoms with E-state index in [-0.39, 0.29) is 35.6 Å². The van der Waals surface area contributed by atoms with E-state index in [1.807, 2.05) is 13.8 Å². The number of rotatable bonds is 8. The van der Waals surface area contributed by atoms with E-state index >= 15 is 0 Å². The Labute approximate surface area is 253 Å². The van der Waals surface area contributed by atoms with Crippen LogP contribution < -0.4 is 16.0 Å². The summed E-state index contributed by atoms with van der Waals surface area (Å²) in [5.74, 6) is -10.4. The van der Waals surface area contributed by atoms with Crippen LogP contribution in [-0.4, -0.2) is 89.0 Å². The number of carbonyl (C=O) groups excluding carboxylic acids is 5.